The lowest BCUT2D eigenvalue weighted by molar-refractivity contribution is -0.123. The van der Waals surface area contributed by atoms with Crippen molar-refractivity contribution in [3.63, 3.8) is 0 Å². The SMILES string of the molecule is O=C(NCCc1ccc(F)cc1)C1CC1.O=CO. The van der Waals surface area contributed by atoms with Gasteiger partial charge in [0.2, 0.25) is 5.91 Å². The summed E-state index contributed by atoms with van der Waals surface area (Å²) in [5, 5.41) is 9.76. The monoisotopic (exact) mass is 253 g/mol. The van der Waals surface area contributed by atoms with E-state index < -0.39 is 0 Å². The molecule has 2 N–H and O–H groups in total. The van der Waals surface area contributed by atoms with Crippen LogP contribution in [0.25, 0.3) is 0 Å². The Labute approximate surface area is 105 Å². The molecule has 1 aliphatic rings. The van der Waals surface area contributed by atoms with Gasteiger partial charge in [0.15, 0.2) is 0 Å². The molecule has 98 valence electrons. The molecule has 1 aromatic rings. The van der Waals surface area contributed by atoms with Crippen molar-refractivity contribution < 1.29 is 19.1 Å². The molecule has 0 heterocycles. The number of rotatable bonds is 4. The molecule has 1 fully saturated rings. The molecular weight excluding hydrogens is 237 g/mol. The summed E-state index contributed by atoms with van der Waals surface area (Å²) >= 11 is 0. The number of nitrogens with one attached hydrogen (secondary N) is 1. The van der Waals surface area contributed by atoms with Gasteiger partial charge in [-0.05, 0) is 37.0 Å². The van der Waals surface area contributed by atoms with Crippen LogP contribution in [0.2, 0.25) is 0 Å². The number of halogens is 1. The summed E-state index contributed by atoms with van der Waals surface area (Å²) in [7, 11) is 0. The third kappa shape index (κ3) is 5.43. The van der Waals surface area contributed by atoms with Gasteiger partial charge in [0.05, 0.1) is 0 Å². The topological polar surface area (TPSA) is 66.4 Å². The highest BCUT2D eigenvalue weighted by Crippen LogP contribution is 2.28. The zero-order valence-corrected chi connectivity index (χ0v) is 9.93. The molecule has 0 spiro atoms. The van der Waals surface area contributed by atoms with Crippen molar-refractivity contribution in [2.45, 2.75) is 19.3 Å². The third-order valence-corrected chi connectivity index (χ3v) is 2.57. The van der Waals surface area contributed by atoms with E-state index >= 15 is 0 Å². The van der Waals surface area contributed by atoms with Crippen molar-refractivity contribution in [3.8, 4) is 0 Å². The number of amides is 1. The maximum atomic E-state index is 12.6. The zero-order valence-electron chi connectivity index (χ0n) is 9.93. The Morgan fingerprint density at radius 2 is 1.94 bits per heavy atom. The van der Waals surface area contributed by atoms with E-state index in [-0.39, 0.29) is 24.1 Å². The first-order chi connectivity index (χ1) is 8.67. The van der Waals surface area contributed by atoms with E-state index in [0.717, 1.165) is 24.8 Å². The van der Waals surface area contributed by atoms with Gasteiger partial charge in [0.1, 0.15) is 5.82 Å². The number of carbonyl (C=O) groups excluding carboxylic acids is 1. The van der Waals surface area contributed by atoms with Crippen LogP contribution in [0.1, 0.15) is 18.4 Å². The Balaban J connectivity index is 0.000000492. The van der Waals surface area contributed by atoms with E-state index in [1.54, 1.807) is 12.1 Å². The predicted octanol–water partition coefficient (Wildman–Crippen LogP) is 1.60. The summed E-state index contributed by atoms with van der Waals surface area (Å²) in [6, 6.07) is 6.38. The minimum Gasteiger partial charge on any atom is -0.483 e. The highest BCUT2D eigenvalue weighted by Gasteiger charge is 2.28. The summed E-state index contributed by atoms with van der Waals surface area (Å²) in [4.78, 5) is 19.6. The van der Waals surface area contributed by atoms with Crippen LogP contribution < -0.4 is 5.32 Å². The average molecular weight is 253 g/mol. The number of carbonyl (C=O) groups is 2. The first-order valence-electron chi connectivity index (χ1n) is 5.77. The van der Waals surface area contributed by atoms with E-state index in [4.69, 9.17) is 9.90 Å². The van der Waals surface area contributed by atoms with E-state index in [2.05, 4.69) is 5.32 Å². The molecule has 0 unspecified atom stereocenters. The number of hydrogen-bond donors (Lipinski definition) is 2. The quantitative estimate of drug-likeness (QED) is 0.801. The lowest BCUT2D eigenvalue weighted by atomic mass is 10.1. The van der Waals surface area contributed by atoms with Gasteiger partial charge in [-0.3, -0.25) is 9.59 Å². The average Bonchev–Trinajstić information content (AvgIpc) is 3.16. The van der Waals surface area contributed by atoms with E-state index in [1.165, 1.54) is 12.1 Å². The standard InChI is InChI=1S/C12H14FNO.CH2O2/c13-11-5-1-9(2-6-11)7-8-14-12(15)10-3-4-10;2-1-3/h1-2,5-6,10H,3-4,7-8H2,(H,14,15);1H,(H,2,3). The van der Waals surface area contributed by atoms with Gasteiger partial charge in [0, 0.05) is 12.5 Å². The molecular formula is C13H16FNO3. The van der Waals surface area contributed by atoms with Gasteiger partial charge in [-0.15, -0.1) is 0 Å². The Morgan fingerprint density at radius 1 is 1.39 bits per heavy atom. The van der Waals surface area contributed by atoms with Crippen LogP contribution in [0.5, 0.6) is 0 Å². The van der Waals surface area contributed by atoms with Gasteiger partial charge >= 0.3 is 0 Å². The van der Waals surface area contributed by atoms with Crippen LogP contribution >= 0.6 is 0 Å². The molecule has 0 radical (unpaired) electrons. The molecule has 0 aliphatic heterocycles. The fourth-order valence-corrected chi connectivity index (χ4v) is 1.47. The lowest BCUT2D eigenvalue weighted by Crippen LogP contribution is -2.26. The molecule has 1 amide bonds. The van der Waals surface area contributed by atoms with Gasteiger partial charge in [0.25, 0.3) is 6.47 Å². The van der Waals surface area contributed by atoms with Crippen molar-refractivity contribution in [3.05, 3.63) is 35.6 Å². The van der Waals surface area contributed by atoms with Crippen LogP contribution in [0.15, 0.2) is 24.3 Å². The summed E-state index contributed by atoms with van der Waals surface area (Å²) in [6.45, 7) is 0.390. The summed E-state index contributed by atoms with van der Waals surface area (Å²) in [6.07, 6.45) is 2.82. The smallest absolute Gasteiger partial charge is 0.290 e. The second-order valence-corrected chi connectivity index (χ2v) is 4.05. The van der Waals surface area contributed by atoms with Gasteiger partial charge < -0.3 is 10.4 Å². The molecule has 1 aliphatic carbocycles. The molecule has 1 aromatic carbocycles. The van der Waals surface area contributed by atoms with Crippen molar-refractivity contribution in [2.24, 2.45) is 5.92 Å². The van der Waals surface area contributed by atoms with Gasteiger partial charge in [-0.25, -0.2) is 4.39 Å². The molecule has 0 saturated heterocycles. The van der Waals surface area contributed by atoms with E-state index in [0.29, 0.717) is 6.54 Å². The van der Waals surface area contributed by atoms with Crippen molar-refractivity contribution in [1.82, 2.24) is 5.32 Å². The lowest BCUT2D eigenvalue weighted by Gasteiger charge is -2.03. The fraction of sp³-hybridized carbons (Fsp3) is 0.385. The third-order valence-electron chi connectivity index (χ3n) is 2.57. The van der Waals surface area contributed by atoms with E-state index in [9.17, 15) is 9.18 Å². The van der Waals surface area contributed by atoms with Crippen LogP contribution in [0.3, 0.4) is 0 Å². The van der Waals surface area contributed by atoms with E-state index in [1.807, 2.05) is 0 Å². The van der Waals surface area contributed by atoms with Gasteiger partial charge in [-0.1, -0.05) is 12.1 Å². The predicted molar refractivity (Wildman–Crippen MR) is 64.5 cm³/mol. The van der Waals surface area contributed by atoms with Crippen molar-refractivity contribution in [2.75, 3.05) is 6.54 Å². The Hall–Kier alpha value is -1.91. The van der Waals surface area contributed by atoms with Crippen LogP contribution in [-0.4, -0.2) is 24.0 Å². The van der Waals surface area contributed by atoms with Crippen molar-refractivity contribution in [1.29, 1.82) is 0 Å². The maximum absolute atomic E-state index is 12.6. The second kappa shape index (κ2) is 7.42. The number of hydrogen-bond acceptors (Lipinski definition) is 2. The molecule has 2 rings (SSSR count). The highest BCUT2D eigenvalue weighted by molar-refractivity contribution is 5.80. The van der Waals surface area contributed by atoms with Gasteiger partial charge in [-0.2, -0.15) is 0 Å². The first-order valence-corrected chi connectivity index (χ1v) is 5.77. The largest absolute Gasteiger partial charge is 0.483 e. The minimum absolute atomic E-state index is 0.164. The van der Waals surface area contributed by atoms with Crippen LogP contribution in [0.4, 0.5) is 4.39 Å². The zero-order chi connectivity index (χ0) is 13.4. The Bertz CT molecular complexity index is 388. The Morgan fingerprint density at radius 3 is 2.44 bits per heavy atom. The maximum Gasteiger partial charge on any atom is 0.290 e. The Kier molecular flexibility index (Phi) is 5.84. The normalized spacial score (nSPS) is 13.2. The summed E-state index contributed by atoms with van der Waals surface area (Å²) in [5.41, 5.74) is 1.05. The number of carboxylic acid groups (broad SMARTS) is 1. The molecule has 4 nitrogen and oxygen atoms in total. The molecule has 0 bridgehead atoms. The minimum atomic E-state index is -0.250. The first kappa shape index (κ1) is 14.2. The molecule has 0 aromatic heterocycles. The second-order valence-electron chi connectivity index (χ2n) is 4.05. The molecule has 18 heavy (non-hydrogen) atoms. The van der Waals surface area contributed by atoms with Crippen LogP contribution in [0, 0.1) is 11.7 Å². The highest BCUT2D eigenvalue weighted by atomic mass is 19.1. The summed E-state index contributed by atoms with van der Waals surface area (Å²) < 4.78 is 12.6. The fourth-order valence-electron chi connectivity index (χ4n) is 1.47. The molecule has 0 atom stereocenters. The van der Waals surface area contributed by atoms with Crippen LogP contribution in [-0.2, 0) is 16.0 Å². The number of benzene rings is 1. The molecule has 1 saturated carbocycles. The summed E-state index contributed by atoms with van der Waals surface area (Å²) in [5.74, 6) is 0.205. The van der Waals surface area contributed by atoms with Crippen molar-refractivity contribution >= 4 is 12.4 Å². The molecule has 5 heteroatoms.